The topological polar surface area (TPSA) is 12.0 Å². The third kappa shape index (κ3) is 4.61. The molecular weight excluding hydrogens is 202 g/mol. The molecular formula is C13H21NS. The number of nitrogens with one attached hydrogen (secondary N) is 1. The predicted molar refractivity (Wildman–Crippen MR) is 70.8 cm³/mol. The summed E-state index contributed by atoms with van der Waals surface area (Å²) in [5, 5.41) is 3.52. The molecule has 2 heteroatoms. The highest BCUT2D eigenvalue weighted by Gasteiger charge is 2.04. The van der Waals surface area contributed by atoms with Gasteiger partial charge in [0.15, 0.2) is 0 Å². The van der Waals surface area contributed by atoms with Gasteiger partial charge in [0.1, 0.15) is 0 Å². The average molecular weight is 223 g/mol. The van der Waals surface area contributed by atoms with Crippen LogP contribution in [0.15, 0.2) is 29.2 Å². The summed E-state index contributed by atoms with van der Waals surface area (Å²) in [7, 11) is 0. The van der Waals surface area contributed by atoms with Gasteiger partial charge in [0.2, 0.25) is 0 Å². The molecule has 1 N–H and O–H groups in total. The summed E-state index contributed by atoms with van der Waals surface area (Å²) >= 11 is 1.78. The van der Waals surface area contributed by atoms with Crippen molar-refractivity contribution in [3.63, 3.8) is 0 Å². The quantitative estimate of drug-likeness (QED) is 0.749. The molecule has 1 aromatic carbocycles. The van der Waals surface area contributed by atoms with E-state index in [9.17, 15) is 0 Å². The minimum atomic E-state index is 0.546. The predicted octanol–water partition coefficient (Wildman–Crippen LogP) is 4.26. The molecule has 1 unspecified atom stereocenters. The first-order valence-electron chi connectivity index (χ1n) is 5.52. The fourth-order valence-corrected chi connectivity index (χ4v) is 2.15. The standard InChI is InChI=1S/C13H21NS/c1-10(2)9-11(3)14-12-5-7-13(15-4)8-6-12/h5-8,10-11,14H,9H2,1-4H3. The van der Waals surface area contributed by atoms with E-state index in [0.717, 1.165) is 5.92 Å². The van der Waals surface area contributed by atoms with Gasteiger partial charge < -0.3 is 5.32 Å². The van der Waals surface area contributed by atoms with E-state index in [1.54, 1.807) is 11.8 Å². The second kappa shape index (κ2) is 6.06. The number of rotatable bonds is 5. The second-order valence-corrected chi connectivity index (χ2v) is 5.28. The number of hydrogen-bond acceptors (Lipinski definition) is 2. The van der Waals surface area contributed by atoms with E-state index in [2.05, 4.69) is 56.6 Å². The van der Waals surface area contributed by atoms with Crippen LogP contribution in [0.25, 0.3) is 0 Å². The maximum absolute atomic E-state index is 3.52. The van der Waals surface area contributed by atoms with E-state index >= 15 is 0 Å². The molecule has 84 valence electrons. The Bertz CT molecular complexity index is 279. The SMILES string of the molecule is CSc1ccc(NC(C)CC(C)C)cc1. The Morgan fingerprint density at radius 2 is 1.73 bits per heavy atom. The Morgan fingerprint density at radius 1 is 1.13 bits per heavy atom. The van der Waals surface area contributed by atoms with Gasteiger partial charge in [-0.1, -0.05) is 13.8 Å². The van der Waals surface area contributed by atoms with Crippen molar-refractivity contribution in [2.24, 2.45) is 5.92 Å². The first-order chi connectivity index (χ1) is 7.11. The Hall–Kier alpha value is -0.630. The summed E-state index contributed by atoms with van der Waals surface area (Å²) in [5.41, 5.74) is 1.22. The molecule has 0 saturated carbocycles. The molecule has 1 nitrogen and oxygen atoms in total. The lowest BCUT2D eigenvalue weighted by atomic mass is 10.1. The van der Waals surface area contributed by atoms with Gasteiger partial charge in [0.05, 0.1) is 0 Å². The Labute approximate surface area is 97.7 Å². The number of anilines is 1. The first kappa shape index (κ1) is 12.4. The van der Waals surface area contributed by atoms with Crippen molar-refractivity contribution in [1.82, 2.24) is 0 Å². The number of benzene rings is 1. The molecule has 1 rings (SSSR count). The first-order valence-corrected chi connectivity index (χ1v) is 6.75. The largest absolute Gasteiger partial charge is 0.383 e. The Morgan fingerprint density at radius 3 is 2.20 bits per heavy atom. The van der Waals surface area contributed by atoms with Crippen molar-refractivity contribution in [1.29, 1.82) is 0 Å². The minimum absolute atomic E-state index is 0.546. The van der Waals surface area contributed by atoms with Crippen LogP contribution in [0.3, 0.4) is 0 Å². The highest BCUT2D eigenvalue weighted by molar-refractivity contribution is 7.98. The molecule has 0 aliphatic carbocycles. The average Bonchev–Trinajstić information content (AvgIpc) is 2.17. The lowest BCUT2D eigenvalue weighted by Gasteiger charge is -2.17. The van der Waals surface area contributed by atoms with E-state index in [1.807, 2.05) is 0 Å². The maximum Gasteiger partial charge on any atom is 0.0342 e. The zero-order valence-corrected chi connectivity index (χ0v) is 10.9. The normalized spacial score (nSPS) is 12.9. The van der Waals surface area contributed by atoms with Crippen molar-refractivity contribution >= 4 is 17.4 Å². The third-order valence-electron chi connectivity index (χ3n) is 2.33. The molecule has 0 aromatic heterocycles. The Kier molecular flexibility index (Phi) is 5.03. The molecule has 0 aliphatic rings. The van der Waals surface area contributed by atoms with Crippen LogP contribution in [0.4, 0.5) is 5.69 Å². The van der Waals surface area contributed by atoms with Gasteiger partial charge in [-0.05, 0) is 49.8 Å². The van der Waals surface area contributed by atoms with Crippen LogP contribution in [0.1, 0.15) is 27.2 Å². The van der Waals surface area contributed by atoms with Gasteiger partial charge in [-0.15, -0.1) is 11.8 Å². The van der Waals surface area contributed by atoms with Gasteiger partial charge in [0.25, 0.3) is 0 Å². The van der Waals surface area contributed by atoms with E-state index in [4.69, 9.17) is 0 Å². The second-order valence-electron chi connectivity index (χ2n) is 4.40. The summed E-state index contributed by atoms with van der Waals surface area (Å²) in [5.74, 6) is 0.748. The number of hydrogen-bond donors (Lipinski definition) is 1. The number of thioether (sulfide) groups is 1. The van der Waals surface area contributed by atoms with Gasteiger partial charge in [-0.2, -0.15) is 0 Å². The molecule has 0 fully saturated rings. The third-order valence-corrected chi connectivity index (χ3v) is 3.07. The molecule has 15 heavy (non-hydrogen) atoms. The van der Waals surface area contributed by atoms with Gasteiger partial charge in [-0.3, -0.25) is 0 Å². The van der Waals surface area contributed by atoms with E-state index < -0.39 is 0 Å². The molecule has 1 atom stereocenters. The van der Waals surface area contributed by atoms with Gasteiger partial charge in [0, 0.05) is 16.6 Å². The van der Waals surface area contributed by atoms with Crippen LogP contribution in [0.5, 0.6) is 0 Å². The summed E-state index contributed by atoms with van der Waals surface area (Å²) in [6.07, 6.45) is 3.31. The monoisotopic (exact) mass is 223 g/mol. The smallest absolute Gasteiger partial charge is 0.0342 e. The van der Waals surface area contributed by atoms with Crippen molar-refractivity contribution in [2.45, 2.75) is 38.1 Å². The fraction of sp³-hybridized carbons (Fsp3) is 0.538. The van der Waals surface area contributed by atoms with Crippen LogP contribution in [0.2, 0.25) is 0 Å². The lowest BCUT2D eigenvalue weighted by Crippen LogP contribution is -2.17. The molecule has 1 aromatic rings. The summed E-state index contributed by atoms with van der Waals surface area (Å²) in [6, 6.07) is 9.18. The zero-order chi connectivity index (χ0) is 11.3. The van der Waals surface area contributed by atoms with Crippen LogP contribution in [-0.2, 0) is 0 Å². The van der Waals surface area contributed by atoms with Crippen molar-refractivity contribution in [2.75, 3.05) is 11.6 Å². The maximum atomic E-state index is 3.52. The molecule has 0 radical (unpaired) electrons. The van der Waals surface area contributed by atoms with E-state index in [-0.39, 0.29) is 0 Å². The van der Waals surface area contributed by atoms with Crippen LogP contribution in [0, 0.1) is 5.92 Å². The minimum Gasteiger partial charge on any atom is -0.383 e. The molecule has 0 amide bonds. The zero-order valence-electron chi connectivity index (χ0n) is 10.1. The molecule has 0 saturated heterocycles. The van der Waals surface area contributed by atoms with Crippen molar-refractivity contribution in [3.05, 3.63) is 24.3 Å². The molecule has 0 bridgehead atoms. The Balaban J connectivity index is 2.49. The lowest BCUT2D eigenvalue weighted by molar-refractivity contribution is 0.540. The molecule has 0 aliphatic heterocycles. The van der Waals surface area contributed by atoms with E-state index in [0.29, 0.717) is 6.04 Å². The van der Waals surface area contributed by atoms with Gasteiger partial charge >= 0.3 is 0 Å². The molecule has 0 spiro atoms. The van der Waals surface area contributed by atoms with E-state index in [1.165, 1.54) is 17.0 Å². The summed E-state index contributed by atoms with van der Waals surface area (Å²) < 4.78 is 0. The molecule has 0 heterocycles. The van der Waals surface area contributed by atoms with Crippen LogP contribution >= 0.6 is 11.8 Å². The fourth-order valence-electron chi connectivity index (χ4n) is 1.74. The van der Waals surface area contributed by atoms with Crippen LogP contribution < -0.4 is 5.32 Å². The summed E-state index contributed by atoms with van der Waals surface area (Å²) in [4.78, 5) is 1.32. The highest BCUT2D eigenvalue weighted by atomic mass is 32.2. The highest BCUT2D eigenvalue weighted by Crippen LogP contribution is 2.18. The summed E-state index contributed by atoms with van der Waals surface area (Å²) in [6.45, 7) is 6.76. The van der Waals surface area contributed by atoms with Crippen molar-refractivity contribution in [3.8, 4) is 0 Å². The van der Waals surface area contributed by atoms with Crippen LogP contribution in [-0.4, -0.2) is 12.3 Å². The van der Waals surface area contributed by atoms with Gasteiger partial charge in [-0.25, -0.2) is 0 Å². The van der Waals surface area contributed by atoms with Crippen molar-refractivity contribution < 1.29 is 0 Å².